The summed E-state index contributed by atoms with van der Waals surface area (Å²) in [6, 6.07) is 2.76. The second-order valence-corrected chi connectivity index (χ2v) is 7.10. The maximum absolute atomic E-state index is 10.4. The number of nitrogens with zero attached hydrogens (tertiary/aromatic N) is 3. The number of hydrogen-bond donors (Lipinski definition) is 2. The van der Waals surface area contributed by atoms with Gasteiger partial charge in [0.05, 0.1) is 17.6 Å². The first-order valence-electron chi connectivity index (χ1n) is 8.82. The van der Waals surface area contributed by atoms with Gasteiger partial charge in [-0.3, -0.25) is 0 Å². The number of ether oxygens (including phenoxy) is 1. The Balaban J connectivity index is 1.49. The summed E-state index contributed by atoms with van der Waals surface area (Å²) < 4.78 is 5.34. The van der Waals surface area contributed by atoms with E-state index in [9.17, 15) is 10.4 Å². The summed E-state index contributed by atoms with van der Waals surface area (Å²) in [5.74, 6) is 0.828. The number of hydrogen-bond acceptors (Lipinski definition) is 6. The highest BCUT2D eigenvalue weighted by atomic mass is 16.5. The van der Waals surface area contributed by atoms with Crippen LogP contribution in [0.5, 0.6) is 0 Å². The monoisotopic (exact) mass is 330 g/mol. The number of aliphatic hydroxyl groups is 1. The number of fused-ring (bicyclic) bond motifs is 1. The summed E-state index contributed by atoms with van der Waals surface area (Å²) in [6.45, 7) is 3.68. The predicted molar refractivity (Wildman–Crippen MR) is 89.3 cm³/mol. The second-order valence-electron chi connectivity index (χ2n) is 7.10. The second kappa shape index (κ2) is 7.56. The normalized spacial score (nSPS) is 24.0. The lowest BCUT2D eigenvalue weighted by molar-refractivity contribution is 0.0138. The zero-order valence-electron chi connectivity index (χ0n) is 14.3. The third-order valence-corrected chi connectivity index (χ3v) is 5.23. The van der Waals surface area contributed by atoms with Gasteiger partial charge < -0.3 is 15.2 Å². The third kappa shape index (κ3) is 4.10. The van der Waals surface area contributed by atoms with E-state index in [0.29, 0.717) is 45.1 Å². The Kier molecular flexibility index (Phi) is 5.44. The molecule has 0 spiro atoms. The zero-order chi connectivity index (χ0) is 17.0. The molecule has 1 fully saturated rings. The molecule has 0 bridgehead atoms. The van der Waals surface area contributed by atoms with Crippen LogP contribution in [0.25, 0.3) is 0 Å². The molecule has 1 aliphatic carbocycles. The largest absolute Gasteiger partial charge is 0.392 e. The van der Waals surface area contributed by atoms with Crippen molar-refractivity contribution in [3.8, 4) is 6.07 Å². The van der Waals surface area contributed by atoms with E-state index in [1.54, 1.807) is 0 Å². The summed E-state index contributed by atoms with van der Waals surface area (Å²) in [5.41, 5.74) is 1.94. The highest BCUT2D eigenvalue weighted by Crippen LogP contribution is 2.34. The summed E-state index contributed by atoms with van der Waals surface area (Å²) >= 11 is 0. The van der Waals surface area contributed by atoms with Crippen LogP contribution in [-0.4, -0.2) is 47.0 Å². The van der Waals surface area contributed by atoms with Crippen LogP contribution in [0.15, 0.2) is 6.20 Å². The van der Waals surface area contributed by atoms with Gasteiger partial charge in [0.2, 0.25) is 0 Å². The van der Waals surface area contributed by atoms with Crippen LogP contribution in [0.3, 0.4) is 0 Å². The van der Waals surface area contributed by atoms with Crippen molar-refractivity contribution in [1.29, 1.82) is 5.26 Å². The van der Waals surface area contributed by atoms with Gasteiger partial charge in [-0.25, -0.2) is 9.97 Å². The number of aryl methyl sites for hydroxylation is 2. The van der Waals surface area contributed by atoms with Crippen LogP contribution in [0, 0.1) is 23.7 Å². The van der Waals surface area contributed by atoms with Gasteiger partial charge in [0.1, 0.15) is 5.82 Å². The first-order valence-corrected chi connectivity index (χ1v) is 8.82. The molecule has 6 heteroatoms. The molecule has 1 aromatic rings. The number of aliphatic hydroxyl groups excluding tert-OH is 1. The number of nitrogens with one attached hydrogen (secondary N) is 1. The van der Waals surface area contributed by atoms with Crippen LogP contribution < -0.4 is 5.32 Å². The Morgan fingerprint density at radius 2 is 2.29 bits per heavy atom. The summed E-state index contributed by atoms with van der Waals surface area (Å²) in [7, 11) is 0. The molecular formula is C18H26N4O2. The quantitative estimate of drug-likeness (QED) is 0.846. The predicted octanol–water partition coefficient (Wildman–Crippen LogP) is 1.30. The molecule has 1 saturated heterocycles. The van der Waals surface area contributed by atoms with Gasteiger partial charge in [0, 0.05) is 37.7 Å². The maximum atomic E-state index is 10.4. The van der Waals surface area contributed by atoms with E-state index in [4.69, 9.17) is 4.74 Å². The first-order chi connectivity index (χ1) is 11.6. The topological polar surface area (TPSA) is 91.1 Å². The molecule has 130 valence electrons. The maximum Gasteiger partial charge on any atom is 0.125 e. The van der Waals surface area contributed by atoms with Crippen molar-refractivity contribution < 1.29 is 9.84 Å². The van der Waals surface area contributed by atoms with E-state index >= 15 is 0 Å². The lowest BCUT2D eigenvalue weighted by Crippen LogP contribution is -2.42. The molecule has 6 nitrogen and oxygen atoms in total. The van der Waals surface area contributed by atoms with Crippen LogP contribution in [0.4, 0.5) is 0 Å². The molecule has 24 heavy (non-hydrogen) atoms. The van der Waals surface area contributed by atoms with Gasteiger partial charge in [-0.1, -0.05) is 0 Å². The van der Waals surface area contributed by atoms with Crippen molar-refractivity contribution >= 4 is 0 Å². The molecule has 1 aromatic heterocycles. The van der Waals surface area contributed by atoms with Gasteiger partial charge in [-0.2, -0.15) is 5.26 Å². The average Bonchev–Trinajstić information content (AvgIpc) is 2.60. The Morgan fingerprint density at radius 1 is 1.50 bits per heavy atom. The lowest BCUT2D eigenvalue weighted by atomic mass is 9.77. The van der Waals surface area contributed by atoms with Gasteiger partial charge in [-0.05, 0) is 51.0 Å². The molecule has 2 unspecified atom stereocenters. The molecule has 2 atom stereocenters. The Hall–Kier alpha value is -1.55. The average molecular weight is 330 g/mol. The molecule has 0 aromatic carbocycles. The molecule has 2 heterocycles. The van der Waals surface area contributed by atoms with Crippen LogP contribution in [0.1, 0.15) is 42.8 Å². The minimum atomic E-state index is -0.501. The minimum Gasteiger partial charge on any atom is -0.392 e. The van der Waals surface area contributed by atoms with E-state index in [0.717, 1.165) is 30.8 Å². The molecule has 0 radical (unpaired) electrons. The molecule has 1 aliphatic heterocycles. The van der Waals surface area contributed by atoms with Gasteiger partial charge in [0.25, 0.3) is 0 Å². The van der Waals surface area contributed by atoms with Crippen molar-refractivity contribution in [1.82, 2.24) is 15.3 Å². The van der Waals surface area contributed by atoms with Crippen LogP contribution >= 0.6 is 0 Å². The van der Waals surface area contributed by atoms with Crippen molar-refractivity contribution in [2.24, 2.45) is 5.41 Å². The smallest absolute Gasteiger partial charge is 0.125 e. The number of rotatable bonds is 5. The van der Waals surface area contributed by atoms with E-state index < -0.39 is 11.5 Å². The van der Waals surface area contributed by atoms with Crippen molar-refractivity contribution in [3.05, 3.63) is 23.3 Å². The van der Waals surface area contributed by atoms with Crippen LogP contribution in [0.2, 0.25) is 0 Å². The molecular weight excluding hydrogens is 304 g/mol. The number of aromatic nitrogens is 2. The van der Waals surface area contributed by atoms with E-state index in [1.165, 1.54) is 5.56 Å². The highest BCUT2D eigenvalue weighted by molar-refractivity contribution is 5.22. The summed E-state index contributed by atoms with van der Waals surface area (Å²) in [4.78, 5) is 8.79. The molecule has 2 N–H and O–H groups in total. The summed E-state index contributed by atoms with van der Waals surface area (Å²) in [6.07, 6.45) is 6.25. The van der Waals surface area contributed by atoms with Crippen molar-refractivity contribution in [2.45, 2.75) is 57.6 Å². The lowest BCUT2D eigenvalue weighted by Gasteiger charge is -2.33. The van der Waals surface area contributed by atoms with Crippen molar-refractivity contribution in [2.75, 3.05) is 19.8 Å². The Morgan fingerprint density at radius 3 is 3.04 bits per heavy atom. The molecule has 0 saturated carbocycles. The molecule has 2 aliphatic rings. The highest BCUT2D eigenvalue weighted by Gasteiger charge is 2.35. The fourth-order valence-corrected chi connectivity index (χ4v) is 3.73. The first kappa shape index (κ1) is 17.3. The third-order valence-electron chi connectivity index (χ3n) is 5.23. The molecule has 0 amide bonds. The van der Waals surface area contributed by atoms with Gasteiger partial charge in [0.15, 0.2) is 0 Å². The molecule has 3 rings (SSSR count). The fraction of sp³-hybridized carbons (Fsp3) is 0.722. The minimum absolute atomic E-state index is 0.339. The standard InChI is InChI=1S/C18H26N4O2/c1-13-20-10-14-8-15(2-3-17(14)22-13)21-11-16(23)9-18(12-19)4-6-24-7-5-18/h10,15-16,21,23H,2-9,11H2,1H3. The van der Waals surface area contributed by atoms with Crippen LogP contribution in [-0.2, 0) is 17.6 Å². The Labute approximate surface area is 143 Å². The van der Waals surface area contributed by atoms with Gasteiger partial charge in [-0.15, -0.1) is 0 Å². The van der Waals surface area contributed by atoms with E-state index in [2.05, 4.69) is 21.4 Å². The Bertz CT molecular complexity index is 608. The van der Waals surface area contributed by atoms with E-state index in [1.807, 2.05) is 13.1 Å². The van der Waals surface area contributed by atoms with Gasteiger partial charge >= 0.3 is 0 Å². The summed E-state index contributed by atoms with van der Waals surface area (Å²) in [5, 5.41) is 23.3. The SMILES string of the molecule is Cc1ncc2c(n1)CCC(NCC(O)CC1(C#N)CCOCC1)C2. The zero-order valence-corrected chi connectivity index (χ0v) is 14.3. The number of nitriles is 1. The van der Waals surface area contributed by atoms with E-state index in [-0.39, 0.29) is 0 Å². The van der Waals surface area contributed by atoms with Crippen molar-refractivity contribution in [3.63, 3.8) is 0 Å². The fourth-order valence-electron chi connectivity index (χ4n) is 3.73.